The zero-order valence-electron chi connectivity index (χ0n) is 29.6. The molecule has 6 rings (SSSR count). The number of allylic oxidation sites excluding steroid dienone is 3. The minimum atomic E-state index is -0.868. The average molecular weight is 629 g/mol. The number of aliphatic carboxylic acids is 1. The summed E-state index contributed by atoms with van der Waals surface area (Å²) in [6.45, 7) is 19.2. The second kappa shape index (κ2) is 15.6. The predicted octanol–water partition coefficient (Wildman–Crippen LogP) is 10.6. The molecular formula is C42H60O4. The number of fused-ring (bicyclic) bond motifs is 7. The Hall–Kier alpha value is -3.24. The number of terminal acetylenes is 2. The monoisotopic (exact) mass is 628 g/mol. The topological polar surface area (TPSA) is 74.6 Å². The van der Waals surface area contributed by atoms with Crippen LogP contribution < -0.4 is 0 Å². The number of hydrogen-bond acceptors (Lipinski definition) is 2. The number of benzene rings is 1. The second-order valence-corrected chi connectivity index (χ2v) is 14.8. The third kappa shape index (κ3) is 6.35. The predicted molar refractivity (Wildman–Crippen MR) is 192 cm³/mol. The highest BCUT2D eigenvalue weighted by atomic mass is 16.4. The molecule has 1 aromatic rings. The number of rotatable bonds is 3. The first-order valence-electron chi connectivity index (χ1n) is 17.4. The zero-order valence-corrected chi connectivity index (χ0v) is 29.6. The van der Waals surface area contributed by atoms with Gasteiger partial charge in [0.2, 0.25) is 0 Å². The fourth-order valence-corrected chi connectivity index (χ4v) is 11.5. The maximum atomic E-state index is 12.5. The SMILES string of the molecule is C#C.C#C.C=CC.CC.CC1(C)C(c2cccc(C(=O)O)c2)=CC[C@@]2(C)C1CC[C@@]1(C)C3CC[C@@]4(C(=O)O)CCCC4[C@H]3CCC12. The van der Waals surface area contributed by atoms with E-state index in [2.05, 4.69) is 72.1 Å². The quantitative estimate of drug-likeness (QED) is 0.258. The molecule has 252 valence electrons. The van der Waals surface area contributed by atoms with Crippen LogP contribution in [0, 0.1) is 76.9 Å². The fourth-order valence-electron chi connectivity index (χ4n) is 11.5. The Morgan fingerprint density at radius 1 is 0.848 bits per heavy atom. The lowest BCUT2D eigenvalue weighted by Crippen LogP contribution is -2.61. The van der Waals surface area contributed by atoms with Crippen LogP contribution >= 0.6 is 0 Å². The minimum Gasteiger partial charge on any atom is -0.481 e. The van der Waals surface area contributed by atoms with Crippen molar-refractivity contribution in [3.63, 3.8) is 0 Å². The highest BCUT2D eigenvalue weighted by Crippen LogP contribution is 2.73. The standard InChI is InChI=1S/C33H44O4.C3H6.C2H6.2C2H2/c1-30(2)23(20-7-5-8-21(19-20)28(34)35)12-16-32(4)26(30)14-17-31(3)24-13-18-33(29(36)37)15-6-9-25(33)22(24)10-11-27(31)32;1-3-2;3*1-2/h5,7-8,12,19,22,24-27H,6,9-11,13-18H2,1-4H3,(H,34,35)(H,36,37);3H,1H2,2H3;1-2H3;2*1-2H/t22-,24?,25?,26?,27?,31-,32-,33-;;;;/m0..../s1. The van der Waals surface area contributed by atoms with Crippen molar-refractivity contribution in [1.29, 1.82) is 0 Å². The van der Waals surface area contributed by atoms with Gasteiger partial charge in [-0.05, 0) is 134 Å². The van der Waals surface area contributed by atoms with Crippen molar-refractivity contribution in [2.75, 3.05) is 0 Å². The Morgan fingerprint density at radius 3 is 2.07 bits per heavy atom. The summed E-state index contributed by atoms with van der Waals surface area (Å²) in [7, 11) is 0. The van der Waals surface area contributed by atoms with E-state index in [1.54, 1.807) is 12.1 Å². The number of carboxylic acid groups (broad SMARTS) is 2. The van der Waals surface area contributed by atoms with E-state index in [1.165, 1.54) is 31.3 Å². The second-order valence-electron chi connectivity index (χ2n) is 14.8. The minimum absolute atomic E-state index is 0.0290. The molecule has 0 spiro atoms. The van der Waals surface area contributed by atoms with Gasteiger partial charge in [0.15, 0.2) is 0 Å². The summed E-state index contributed by atoms with van der Waals surface area (Å²) < 4.78 is 0. The smallest absolute Gasteiger partial charge is 0.335 e. The molecule has 1 aromatic carbocycles. The molecule has 5 aliphatic rings. The van der Waals surface area contributed by atoms with E-state index < -0.39 is 17.4 Å². The van der Waals surface area contributed by atoms with E-state index in [0.717, 1.165) is 44.1 Å². The maximum absolute atomic E-state index is 12.5. The van der Waals surface area contributed by atoms with Crippen LogP contribution in [0.15, 0.2) is 43.0 Å². The molecule has 0 bridgehead atoms. The van der Waals surface area contributed by atoms with E-state index in [1.807, 2.05) is 32.9 Å². The van der Waals surface area contributed by atoms with Gasteiger partial charge in [0, 0.05) is 0 Å². The van der Waals surface area contributed by atoms with Crippen LogP contribution in [0.5, 0.6) is 0 Å². The lowest BCUT2D eigenvalue weighted by Gasteiger charge is -2.68. The first kappa shape index (κ1) is 38.9. The van der Waals surface area contributed by atoms with Crippen LogP contribution in [0.3, 0.4) is 0 Å². The van der Waals surface area contributed by atoms with Crippen molar-refractivity contribution < 1.29 is 19.8 Å². The van der Waals surface area contributed by atoms with Crippen LogP contribution in [0.25, 0.3) is 5.57 Å². The lowest BCUT2D eigenvalue weighted by molar-refractivity contribution is -0.187. The van der Waals surface area contributed by atoms with Crippen LogP contribution in [0.4, 0.5) is 0 Å². The molecule has 5 aliphatic carbocycles. The molecule has 4 nitrogen and oxygen atoms in total. The molecule has 0 heterocycles. The summed E-state index contributed by atoms with van der Waals surface area (Å²) in [6.07, 6.45) is 31.2. The molecule has 4 fully saturated rings. The highest BCUT2D eigenvalue weighted by molar-refractivity contribution is 5.89. The molecule has 0 aliphatic heterocycles. The average Bonchev–Trinajstić information content (AvgIpc) is 3.50. The highest BCUT2D eigenvalue weighted by Gasteiger charge is 2.66. The van der Waals surface area contributed by atoms with Gasteiger partial charge in [-0.2, -0.15) is 0 Å². The third-order valence-corrected chi connectivity index (χ3v) is 12.9. The molecular weight excluding hydrogens is 568 g/mol. The summed E-state index contributed by atoms with van der Waals surface area (Å²) in [6, 6.07) is 7.50. The van der Waals surface area contributed by atoms with Gasteiger partial charge in [0.1, 0.15) is 0 Å². The molecule has 2 N–H and O–H groups in total. The molecule has 0 amide bonds. The number of carboxylic acids is 2. The van der Waals surface area contributed by atoms with E-state index in [4.69, 9.17) is 0 Å². The van der Waals surface area contributed by atoms with Gasteiger partial charge < -0.3 is 10.2 Å². The van der Waals surface area contributed by atoms with Crippen LogP contribution in [0.1, 0.15) is 129 Å². The van der Waals surface area contributed by atoms with Crippen molar-refractivity contribution in [2.45, 2.75) is 113 Å². The van der Waals surface area contributed by atoms with E-state index in [0.29, 0.717) is 35.2 Å². The molecule has 0 radical (unpaired) electrons. The van der Waals surface area contributed by atoms with Crippen molar-refractivity contribution in [3.05, 3.63) is 54.1 Å². The molecule has 4 unspecified atom stereocenters. The summed E-state index contributed by atoms with van der Waals surface area (Å²) in [5.74, 6) is 1.43. The summed E-state index contributed by atoms with van der Waals surface area (Å²) in [5, 5.41) is 19.8. The number of aromatic carboxylic acids is 1. The molecule has 0 aromatic heterocycles. The van der Waals surface area contributed by atoms with Crippen LogP contribution in [0.2, 0.25) is 0 Å². The Labute approximate surface area is 280 Å². The van der Waals surface area contributed by atoms with Gasteiger partial charge >= 0.3 is 11.9 Å². The van der Waals surface area contributed by atoms with Crippen molar-refractivity contribution in [1.82, 2.24) is 0 Å². The normalized spacial score (nSPS) is 35.9. The van der Waals surface area contributed by atoms with Crippen molar-refractivity contribution in [3.8, 4) is 25.7 Å². The fraction of sp³-hybridized carbons (Fsp3) is 0.619. The van der Waals surface area contributed by atoms with Crippen molar-refractivity contribution in [2.24, 2.45) is 51.2 Å². The lowest BCUT2D eigenvalue weighted by atomic mass is 9.36. The largest absolute Gasteiger partial charge is 0.481 e. The summed E-state index contributed by atoms with van der Waals surface area (Å²) >= 11 is 0. The summed E-state index contributed by atoms with van der Waals surface area (Å²) in [5.41, 5.74) is 2.75. The van der Waals surface area contributed by atoms with E-state index >= 15 is 0 Å². The molecule has 8 atom stereocenters. The first-order chi connectivity index (χ1) is 21.9. The van der Waals surface area contributed by atoms with Gasteiger partial charge in [-0.25, -0.2) is 4.79 Å². The van der Waals surface area contributed by atoms with Gasteiger partial charge in [0.05, 0.1) is 11.0 Å². The van der Waals surface area contributed by atoms with Gasteiger partial charge in [0.25, 0.3) is 0 Å². The van der Waals surface area contributed by atoms with Gasteiger partial charge in [-0.1, -0.05) is 72.2 Å². The van der Waals surface area contributed by atoms with Gasteiger partial charge in [-0.15, -0.1) is 32.3 Å². The van der Waals surface area contributed by atoms with E-state index in [-0.39, 0.29) is 16.2 Å². The number of carbonyl (C=O) groups is 2. The Bertz CT molecular complexity index is 1290. The number of hydrogen-bond donors (Lipinski definition) is 2. The Kier molecular flexibility index (Phi) is 13.2. The Morgan fingerprint density at radius 2 is 1.48 bits per heavy atom. The van der Waals surface area contributed by atoms with Gasteiger partial charge in [-0.3, -0.25) is 4.79 Å². The molecule has 4 saturated carbocycles. The molecule has 46 heavy (non-hydrogen) atoms. The molecule has 4 heteroatoms. The third-order valence-electron chi connectivity index (χ3n) is 12.9. The molecule has 0 saturated heterocycles. The van der Waals surface area contributed by atoms with E-state index in [9.17, 15) is 19.8 Å². The first-order valence-corrected chi connectivity index (χ1v) is 17.4. The zero-order chi connectivity index (χ0) is 35.1. The maximum Gasteiger partial charge on any atom is 0.335 e. The summed E-state index contributed by atoms with van der Waals surface area (Å²) in [4.78, 5) is 24.1. The Balaban J connectivity index is 0.000000749. The van der Waals surface area contributed by atoms with Crippen molar-refractivity contribution >= 4 is 17.5 Å². The van der Waals surface area contributed by atoms with Crippen LogP contribution in [-0.2, 0) is 4.79 Å². The van der Waals surface area contributed by atoms with Crippen LogP contribution in [-0.4, -0.2) is 22.2 Å².